The molecule has 0 saturated heterocycles. The second kappa shape index (κ2) is 5.69. The van der Waals surface area contributed by atoms with Crippen molar-refractivity contribution in [2.24, 2.45) is 11.8 Å². The minimum atomic E-state index is 0.284. The summed E-state index contributed by atoms with van der Waals surface area (Å²) in [6, 6.07) is 8.83. The van der Waals surface area contributed by atoms with Crippen molar-refractivity contribution >= 4 is 12.7 Å². The first-order valence-electron chi connectivity index (χ1n) is 7.33. The van der Waals surface area contributed by atoms with Gasteiger partial charge >= 0.3 is 0 Å². The van der Waals surface area contributed by atoms with Gasteiger partial charge in [0.15, 0.2) is 7.28 Å². The van der Waals surface area contributed by atoms with E-state index in [2.05, 4.69) is 31.5 Å². The van der Waals surface area contributed by atoms with E-state index >= 15 is 0 Å². The molecular weight excluding hydrogens is 233 g/mol. The van der Waals surface area contributed by atoms with Gasteiger partial charge < -0.3 is 4.74 Å². The first-order valence-corrected chi connectivity index (χ1v) is 7.33. The van der Waals surface area contributed by atoms with Crippen LogP contribution in [0.15, 0.2) is 18.2 Å². The Bertz CT molecular complexity index is 486. The van der Waals surface area contributed by atoms with Gasteiger partial charge in [-0.1, -0.05) is 23.4 Å². The van der Waals surface area contributed by atoms with Gasteiger partial charge in [-0.3, -0.25) is 0 Å². The Labute approximate surface area is 116 Å². The van der Waals surface area contributed by atoms with Crippen LogP contribution in [0.3, 0.4) is 0 Å². The van der Waals surface area contributed by atoms with Crippen LogP contribution in [0.1, 0.15) is 31.2 Å². The van der Waals surface area contributed by atoms with Crippen molar-refractivity contribution in [3.63, 3.8) is 0 Å². The summed E-state index contributed by atoms with van der Waals surface area (Å²) in [5.74, 6) is 1.92. The summed E-state index contributed by atoms with van der Waals surface area (Å²) < 4.78 is 5.94. The summed E-state index contributed by atoms with van der Waals surface area (Å²) in [7, 11) is 2.29. The highest BCUT2D eigenvalue weighted by atomic mass is 16.5. The van der Waals surface area contributed by atoms with E-state index in [9.17, 15) is 0 Å². The normalized spacial score (nSPS) is 25.2. The molecule has 0 atom stereocenters. The second-order valence-corrected chi connectivity index (χ2v) is 5.76. The van der Waals surface area contributed by atoms with Crippen molar-refractivity contribution in [3.05, 3.63) is 23.8 Å². The Kier molecular flexibility index (Phi) is 3.78. The van der Waals surface area contributed by atoms with E-state index in [1.54, 1.807) is 0 Å². The molecule has 0 bridgehead atoms. The Morgan fingerprint density at radius 2 is 2.11 bits per heavy atom. The number of aryl methyl sites for hydroxylation is 1. The topological polar surface area (TPSA) is 33.0 Å². The van der Waals surface area contributed by atoms with Crippen LogP contribution in [0.5, 0.6) is 5.75 Å². The number of hydrogen-bond donors (Lipinski definition) is 0. The summed E-state index contributed by atoms with van der Waals surface area (Å²) in [6.07, 6.45) is 6.68. The smallest absolute Gasteiger partial charge is 0.152 e. The maximum absolute atomic E-state index is 8.89. The maximum Gasteiger partial charge on any atom is 0.152 e. The van der Waals surface area contributed by atoms with Crippen molar-refractivity contribution in [1.82, 2.24) is 0 Å². The summed E-state index contributed by atoms with van der Waals surface area (Å²) in [5, 5.41) is 8.89. The lowest BCUT2D eigenvalue weighted by Crippen LogP contribution is -2.19. The average Bonchev–Trinajstić information content (AvgIpc) is 2.93. The lowest BCUT2D eigenvalue weighted by atomic mass is 9.72. The van der Waals surface area contributed by atoms with Crippen LogP contribution in [-0.2, 0) is 6.42 Å². The van der Waals surface area contributed by atoms with E-state index in [-0.39, 0.29) is 5.92 Å². The number of fused-ring (bicyclic) bond motifs is 1. The van der Waals surface area contributed by atoms with E-state index in [0.717, 1.165) is 50.8 Å². The first-order chi connectivity index (χ1) is 9.35. The Morgan fingerprint density at radius 3 is 2.89 bits per heavy atom. The highest BCUT2D eigenvalue weighted by Crippen LogP contribution is 2.29. The molecule has 0 aromatic heterocycles. The number of nitrogens with zero attached hydrogens (tertiary/aromatic N) is 1. The number of rotatable bonds is 3. The zero-order valence-electron chi connectivity index (χ0n) is 11.3. The molecule has 1 fully saturated rings. The Morgan fingerprint density at radius 1 is 1.26 bits per heavy atom. The summed E-state index contributed by atoms with van der Waals surface area (Å²) in [4.78, 5) is 0. The molecule has 1 heterocycles. The third-order valence-corrected chi connectivity index (χ3v) is 4.41. The van der Waals surface area contributed by atoms with Gasteiger partial charge in [0, 0.05) is 5.92 Å². The maximum atomic E-state index is 8.89. The Hall–Kier alpha value is -1.43. The number of ether oxygens (including phenoxy) is 1. The van der Waals surface area contributed by atoms with Crippen LogP contribution in [0.2, 0.25) is 6.32 Å². The van der Waals surface area contributed by atoms with E-state index < -0.39 is 0 Å². The Balaban J connectivity index is 1.51. The minimum Gasteiger partial charge on any atom is -0.493 e. The largest absolute Gasteiger partial charge is 0.493 e. The molecule has 1 aromatic rings. The molecule has 1 aromatic carbocycles. The van der Waals surface area contributed by atoms with Crippen LogP contribution < -0.4 is 10.2 Å². The van der Waals surface area contributed by atoms with Crippen molar-refractivity contribution in [3.8, 4) is 11.8 Å². The molecule has 3 rings (SSSR count). The quantitative estimate of drug-likeness (QED) is 0.775. The number of hydrogen-bond acceptors (Lipinski definition) is 2. The fourth-order valence-corrected chi connectivity index (χ4v) is 3.14. The third kappa shape index (κ3) is 2.95. The van der Waals surface area contributed by atoms with Crippen LogP contribution >= 0.6 is 0 Å². The predicted molar refractivity (Wildman–Crippen MR) is 76.9 cm³/mol. The molecule has 1 saturated carbocycles. The molecule has 0 spiro atoms. The van der Waals surface area contributed by atoms with E-state index in [0.29, 0.717) is 5.92 Å². The van der Waals surface area contributed by atoms with Crippen LogP contribution in [0.4, 0.5) is 0 Å². The van der Waals surface area contributed by atoms with Crippen molar-refractivity contribution in [2.45, 2.75) is 38.4 Å². The van der Waals surface area contributed by atoms with Crippen molar-refractivity contribution in [2.75, 3.05) is 6.61 Å². The van der Waals surface area contributed by atoms with Gasteiger partial charge in [0.05, 0.1) is 12.7 Å². The van der Waals surface area contributed by atoms with Gasteiger partial charge in [-0.2, -0.15) is 5.26 Å². The monoisotopic (exact) mass is 252 g/mol. The van der Waals surface area contributed by atoms with Gasteiger partial charge in [-0.25, -0.2) is 0 Å². The van der Waals surface area contributed by atoms with Crippen LogP contribution in [-0.4, -0.2) is 13.9 Å². The van der Waals surface area contributed by atoms with Gasteiger partial charge in [0.25, 0.3) is 0 Å². The zero-order chi connectivity index (χ0) is 13.1. The van der Waals surface area contributed by atoms with Crippen molar-refractivity contribution < 1.29 is 4.74 Å². The fourth-order valence-electron chi connectivity index (χ4n) is 3.14. The predicted octanol–water partition coefficient (Wildman–Crippen LogP) is 2.70. The number of benzene rings is 1. The van der Waals surface area contributed by atoms with Crippen molar-refractivity contribution in [1.29, 1.82) is 5.26 Å². The highest BCUT2D eigenvalue weighted by molar-refractivity contribution is 6.55. The molecule has 2 nitrogen and oxygen atoms in total. The van der Waals surface area contributed by atoms with Gasteiger partial charge in [-0.05, 0) is 50.2 Å². The molecule has 0 unspecified atom stereocenters. The standard InChI is InChI=1S/C16H19BNO/c18-10-12-1-3-13(4-2-12)11-19-15-5-6-16-14(9-15)7-8-17-16/h5-6,9,12-13H,1-4,7-8,11H2. The second-order valence-electron chi connectivity index (χ2n) is 5.76. The molecule has 0 N–H and O–H groups in total. The fraction of sp³-hybridized carbons (Fsp3) is 0.562. The molecule has 3 heteroatoms. The first kappa shape index (κ1) is 12.6. The SMILES string of the molecule is N#CC1CCC(COc2ccc3c(c2)CC[B]3)CC1. The molecule has 0 amide bonds. The minimum absolute atomic E-state index is 0.284. The molecular formula is C16H19BNO. The molecule has 97 valence electrons. The van der Waals surface area contributed by atoms with E-state index in [1.807, 2.05) is 0 Å². The van der Waals surface area contributed by atoms with Gasteiger partial charge in [-0.15, -0.1) is 0 Å². The van der Waals surface area contributed by atoms with E-state index in [1.165, 1.54) is 11.0 Å². The third-order valence-electron chi connectivity index (χ3n) is 4.41. The van der Waals surface area contributed by atoms with Gasteiger partial charge in [0.1, 0.15) is 5.75 Å². The summed E-state index contributed by atoms with van der Waals surface area (Å²) >= 11 is 0. The molecule has 19 heavy (non-hydrogen) atoms. The zero-order valence-corrected chi connectivity index (χ0v) is 11.3. The van der Waals surface area contributed by atoms with Crippen LogP contribution in [0, 0.1) is 23.2 Å². The van der Waals surface area contributed by atoms with Crippen LogP contribution in [0.25, 0.3) is 0 Å². The molecule has 1 aliphatic carbocycles. The summed E-state index contributed by atoms with van der Waals surface area (Å²) in [6.45, 7) is 0.806. The lowest BCUT2D eigenvalue weighted by molar-refractivity contribution is 0.196. The van der Waals surface area contributed by atoms with Gasteiger partial charge in [0.2, 0.25) is 0 Å². The highest BCUT2D eigenvalue weighted by Gasteiger charge is 2.21. The molecule has 1 aliphatic heterocycles. The lowest BCUT2D eigenvalue weighted by Gasteiger charge is -2.24. The number of nitriles is 1. The summed E-state index contributed by atoms with van der Waals surface area (Å²) in [5.41, 5.74) is 2.80. The van der Waals surface area contributed by atoms with E-state index in [4.69, 9.17) is 10.00 Å². The molecule has 2 aliphatic rings. The molecule has 1 radical (unpaired) electrons. The average molecular weight is 252 g/mol.